The van der Waals surface area contributed by atoms with Crippen molar-refractivity contribution in [2.24, 2.45) is 0 Å². The molecule has 33 heavy (non-hydrogen) atoms. The van der Waals surface area contributed by atoms with Crippen LogP contribution in [0.3, 0.4) is 0 Å². The number of hydrogen-bond acceptors (Lipinski definition) is 5. The molecule has 1 aliphatic rings. The summed E-state index contributed by atoms with van der Waals surface area (Å²) in [6, 6.07) is 21.4. The number of nitrogens with one attached hydrogen (secondary N) is 1. The van der Waals surface area contributed by atoms with E-state index in [0.717, 1.165) is 41.5 Å². The van der Waals surface area contributed by atoms with E-state index >= 15 is 0 Å². The highest BCUT2D eigenvalue weighted by Crippen LogP contribution is 2.25. The van der Waals surface area contributed by atoms with Crippen LogP contribution in [0.1, 0.15) is 30.5 Å². The van der Waals surface area contributed by atoms with Crippen molar-refractivity contribution in [2.45, 2.75) is 32.0 Å². The lowest BCUT2D eigenvalue weighted by atomic mass is 10.2. The number of amides is 1. The predicted octanol–water partition coefficient (Wildman–Crippen LogP) is 4.16. The number of aromatic nitrogens is 2. The average molecular weight is 445 g/mol. The Bertz CT molecular complexity index is 1180. The van der Waals surface area contributed by atoms with Crippen LogP contribution in [0.15, 0.2) is 77.4 Å². The van der Waals surface area contributed by atoms with Crippen molar-refractivity contribution in [3.63, 3.8) is 0 Å². The Morgan fingerprint density at radius 3 is 2.61 bits per heavy atom. The summed E-state index contributed by atoms with van der Waals surface area (Å²) in [7, 11) is 0. The monoisotopic (exact) mass is 444 g/mol. The van der Waals surface area contributed by atoms with Gasteiger partial charge in [-0.2, -0.15) is 0 Å². The molecule has 7 nitrogen and oxygen atoms in total. The van der Waals surface area contributed by atoms with E-state index in [1.54, 1.807) is 6.26 Å². The Morgan fingerprint density at radius 2 is 1.82 bits per heavy atom. The van der Waals surface area contributed by atoms with E-state index in [-0.39, 0.29) is 25.1 Å². The number of likely N-dealkylation sites (tertiary alicyclic amines) is 1. The summed E-state index contributed by atoms with van der Waals surface area (Å²) >= 11 is 0. The van der Waals surface area contributed by atoms with Gasteiger partial charge in [0, 0.05) is 6.54 Å². The predicted molar refractivity (Wildman–Crippen MR) is 126 cm³/mol. The summed E-state index contributed by atoms with van der Waals surface area (Å²) in [5.74, 6) is 2.32. The van der Waals surface area contributed by atoms with Gasteiger partial charge in [-0.1, -0.05) is 30.3 Å². The number of rotatable bonds is 9. The number of hydrogen-bond donors (Lipinski definition) is 1. The molecule has 0 radical (unpaired) electrons. The lowest BCUT2D eigenvalue weighted by molar-refractivity contribution is -0.121. The molecule has 0 bridgehead atoms. The van der Waals surface area contributed by atoms with Gasteiger partial charge >= 0.3 is 0 Å². The van der Waals surface area contributed by atoms with Gasteiger partial charge in [0.25, 0.3) is 0 Å². The highest BCUT2D eigenvalue weighted by molar-refractivity contribution is 5.81. The zero-order chi connectivity index (χ0) is 22.5. The number of furan rings is 1. The molecular formula is C26H28N4O3. The first-order chi connectivity index (χ1) is 16.3. The fourth-order valence-electron chi connectivity index (χ4n) is 4.43. The Kier molecular flexibility index (Phi) is 6.39. The van der Waals surface area contributed by atoms with E-state index in [2.05, 4.69) is 10.2 Å². The first kappa shape index (κ1) is 21.3. The average Bonchev–Trinajstić information content (AvgIpc) is 3.62. The molecule has 0 saturated carbocycles. The van der Waals surface area contributed by atoms with Gasteiger partial charge in [0.15, 0.2) is 0 Å². The smallest absolute Gasteiger partial charge is 0.240 e. The SMILES string of the molecule is O=C(Cn1c(COc2ccccc2)nc2ccccc21)NCC(c1ccco1)N1CCCC1. The van der Waals surface area contributed by atoms with Crippen molar-refractivity contribution in [2.75, 3.05) is 19.6 Å². The normalized spacial score (nSPS) is 15.0. The summed E-state index contributed by atoms with van der Waals surface area (Å²) < 4.78 is 13.5. The van der Waals surface area contributed by atoms with Gasteiger partial charge in [0.05, 0.1) is 23.3 Å². The first-order valence-corrected chi connectivity index (χ1v) is 11.4. The van der Waals surface area contributed by atoms with Gasteiger partial charge in [-0.25, -0.2) is 4.98 Å². The number of para-hydroxylation sites is 3. The molecule has 0 aliphatic carbocycles. The summed E-state index contributed by atoms with van der Waals surface area (Å²) in [4.78, 5) is 20.1. The maximum absolute atomic E-state index is 13.0. The molecule has 7 heteroatoms. The van der Waals surface area contributed by atoms with Crippen molar-refractivity contribution in [1.82, 2.24) is 19.8 Å². The molecule has 3 heterocycles. The second-order valence-corrected chi connectivity index (χ2v) is 8.28. The largest absolute Gasteiger partial charge is 0.486 e. The summed E-state index contributed by atoms with van der Waals surface area (Å²) in [6.45, 7) is 3.02. The highest BCUT2D eigenvalue weighted by atomic mass is 16.5. The molecule has 1 unspecified atom stereocenters. The molecule has 1 amide bonds. The zero-order valence-electron chi connectivity index (χ0n) is 18.5. The van der Waals surface area contributed by atoms with Gasteiger partial charge in [0.1, 0.15) is 30.5 Å². The fourth-order valence-corrected chi connectivity index (χ4v) is 4.43. The standard InChI is InChI=1S/C26H28N4O3/c31-26(27-17-23(24-13-8-16-32-24)29-14-6-7-15-29)18-30-22-12-5-4-11-21(22)28-25(30)19-33-20-9-2-1-3-10-20/h1-5,8-13,16,23H,6-7,14-15,17-19H2,(H,27,31). The van der Waals surface area contributed by atoms with E-state index in [9.17, 15) is 4.79 Å². The maximum atomic E-state index is 13.0. The molecule has 4 aromatic rings. The Morgan fingerprint density at radius 1 is 1.03 bits per heavy atom. The fraction of sp³-hybridized carbons (Fsp3) is 0.308. The number of nitrogens with zero attached hydrogens (tertiary/aromatic N) is 3. The van der Waals surface area contributed by atoms with Crippen molar-refractivity contribution in [3.05, 3.63) is 84.6 Å². The van der Waals surface area contributed by atoms with Crippen LogP contribution in [-0.4, -0.2) is 40.0 Å². The third-order valence-electron chi connectivity index (χ3n) is 6.09. The Balaban J connectivity index is 1.30. The van der Waals surface area contributed by atoms with Crippen LogP contribution in [0.2, 0.25) is 0 Å². The molecule has 0 spiro atoms. The van der Waals surface area contributed by atoms with E-state index in [4.69, 9.17) is 14.1 Å². The minimum atomic E-state index is -0.0603. The molecule has 1 atom stereocenters. The number of benzene rings is 2. The molecule has 1 aliphatic heterocycles. The topological polar surface area (TPSA) is 72.5 Å². The van der Waals surface area contributed by atoms with E-state index < -0.39 is 0 Å². The molecule has 1 fully saturated rings. The van der Waals surface area contributed by atoms with Crippen LogP contribution < -0.4 is 10.1 Å². The summed E-state index contributed by atoms with van der Waals surface area (Å²) in [5.41, 5.74) is 1.77. The highest BCUT2D eigenvalue weighted by Gasteiger charge is 2.26. The van der Waals surface area contributed by atoms with Crippen LogP contribution in [0.4, 0.5) is 0 Å². The molecule has 2 aromatic heterocycles. The molecule has 1 N–H and O–H groups in total. The maximum Gasteiger partial charge on any atom is 0.240 e. The van der Waals surface area contributed by atoms with Gasteiger partial charge in [-0.3, -0.25) is 9.69 Å². The second-order valence-electron chi connectivity index (χ2n) is 8.28. The van der Waals surface area contributed by atoms with Gasteiger partial charge in [0.2, 0.25) is 5.91 Å². The second kappa shape index (κ2) is 9.92. The molecule has 2 aromatic carbocycles. The van der Waals surface area contributed by atoms with Crippen LogP contribution >= 0.6 is 0 Å². The molecule has 5 rings (SSSR count). The van der Waals surface area contributed by atoms with Gasteiger partial charge < -0.3 is 19.0 Å². The van der Waals surface area contributed by atoms with Crippen LogP contribution in [0.5, 0.6) is 5.75 Å². The third kappa shape index (κ3) is 4.93. The van der Waals surface area contributed by atoms with Crippen molar-refractivity contribution in [3.8, 4) is 5.75 Å². The summed E-state index contributed by atoms with van der Waals surface area (Å²) in [5, 5.41) is 3.12. The van der Waals surface area contributed by atoms with Gasteiger partial charge in [-0.15, -0.1) is 0 Å². The third-order valence-corrected chi connectivity index (χ3v) is 6.09. The minimum Gasteiger partial charge on any atom is -0.486 e. The van der Waals surface area contributed by atoms with Crippen LogP contribution in [0.25, 0.3) is 11.0 Å². The van der Waals surface area contributed by atoms with Gasteiger partial charge in [-0.05, 0) is 62.3 Å². The summed E-state index contributed by atoms with van der Waals surface area (Å²) in [6.07, 6.45) is 4.05. The number of imidazole rings is 1. The number of carbonyl (C=O) groups is 1. The van der Waals surface area contributed by atoms with E-state index in [1.165, 1.54) is 12.8 Å². The van der Waals surface area contributed by atoms with E-state index in [0.29, 0.717) is 6.54 Å². The Hall–Kier alpha value is -3.58. The van der Waals surface area contributed by atoms with Crippen molar-refractivity contribution >= 4 is 16.9 Å². The van der Waals surface area contributed by atoms with Crippen molar-refractivity contribution < 1.29 is 13.9 Å². The van der Waals surface area contributed by atoms with Crippen LogP contribution in [-0.2, 0) is 17.9 Å². The zero-order valence-corrected chi connectivity index (χ0v) is 18.5. The lowest BCUT2D eigenvalue weighted by Crippen LogP contribution is -2.38. The Labute approximate surface area is 193 Å². The number of ether oxygens (including phenoxy) is 1. The minimum absolute atomic E-state index is 0.0480. The molecule has 1 saturated heterocycles. The van der Waals surface area contributed by atoms with Crippen molar-refractivity contribution in [1.29, 1.82) is 0 Å². The number of fused-ring (bicyclic) bond motifs is 1. The lowest BCUT2D eigenvalue weighted by Gasteiger charge is -2.26. The number of carbonyl (C=O) groups excluding carboxylic acids is 1. The quantitative estimate of drug-likeness (QED) is 0.420. The van der Waals surface area contributed by atoms with Crippen LogP contribution in [0, 0.1) is 0 Å². The van der Waals surface area contributed by atoms with E-state index in [1.807, 2.05) is 71.3 Å². The molecule has 170 valence electrons. The first-order valence-electron chi connectivity index (χ1n) is 11.4. The molecular weight excluding hydrogens is 416 g/mol.